The van der Waals surface area contributed by atoms with Crippen molar-refractivity contribution in [3.05, 3.63) is 12.2 Å². The van der Waals surface area contributed by atoms with Gasteiger partial charge in [0.25, 0.3) is 0 Å². The van der Waals surface area contributed by atoms with E-state index in [0.29, 0.717) is 0 Å². The van der Waals surface area contributed by atoms with Crippen LogP contribution >= 0.6 is 0 Å². The zero-order chi connectivity index (χ0) is 11.8. The molecule has 0 aromatic rings. The topological polar surface area (TPSA) is 15.3 Å². The number of allylic oxidation sites excluding steroid dienone is 1. The van der Waals surface area contributed by atoms with E-state index in [9.17, 15) is 0 Å². The Labute approximate surface area is 105 Å². The highest BCUT2D eigenvalue weighted by Crippen LogP contribution is 2.43. The number of piperidine rings is 1. The first-order valence-corrected chi connectivity index (χ1v) is 7.41. The molecule has 0 amide bonds. The van der Waals surface area contributed by atoms with Gasteiger partial charge in [0.2, 0.25) is 0 Å². The molecule has 0 bridgehead atoms. The number of hydrogen-bond acceptors (Lipinski definition) is 2. The van der Waals surface area contributed by atoms with Crippen LogP contribution in [0, 0.1) is 11.8 Å². The summed E-state index contributed by atoms with van der Waals surface area (Å²) < 4.78 is 0. The molecule has 3 rings (SSSR count). The summed E-state index contributed by atoms with van der Waals surface area (Å²) in [7, 11) is 0. The molecule has 3 atom stereocenters. The van der Waals surface area contributed by atoms with E-state index in [0.717, 1.165) is 30.0 Å². The number of fused-ring (bicyclic) bond motifs is 1. The van der Waals surface area contributed by atoms with Gasteiger partial charge in [-0.3, -0.25) is 0 Å². The summed E-state index contributed by atoms with van der Waals surface area (Å²) in [6.45, 7) is 7.19. The minimum atomic E-state index is 0.724. The Morgan fingerprint density at radius 3 is 2.65 bits per heavy atom. The fourth-order valence-electron chi connectivity index (χ4n) is 3.79. The summed E-state index contributed by atoms with van der Waals surface area (Å²) in [6, 6.07) is 2.31. The molecule has 2 fully saturated rings. The van der Waals surface area contributed by atoms with E-state index in [1.54, 1.807) is 0 Å². The van der Waals surface area contributed by atoms with E-state index in [2.05, 4.69) is 36.2 Å². The molecule has 0 aromatic carbocycles. The Hall–Kier alpha value is -0.340. The number of nitrogens with zero attached hydrogens (tertiary/aromatic N) is 1. The minimum Gasteiger partial charge on any atom is -0.311 e. The van der Waals surface area contributed by atoms with E-state index in [1.807, 2.05) is 0 Å². The van der Waals surface area contributed by atoms with Crippen LogP contribution in [0.3, 0.4) is 0 Å². The third-order valence-corrected chi connectivity index (χ3v) is 5.07. The van der Waals surface area contributed by atoms with E-state index < -0.39 is 0 Å². The van der Waals surface area contributed by atoms with Crippen molar-refractivity contribution in [3.63, 3.8) is 0 Å². The molecule has 0 aromatic heterocycles. The van der Waals surface area contributed by atoms with Gasteiger partial charge < -0.3 is 10.2 Å². The van der Waals surface area contributed by atoms with Crippen molar-refractivity contribution in [1.82, 2.24) is 10.2 Å². The Balaban J connectivity index is 1.44. The molecule has 2 aliphatic carbocycles. The Kier molecular flexibility index (Phi) is 3.27. The molecule has 1 aliphatic heterocycles. The minimum absolute atomic E-state index is 0.724. The highest BCUT2D eigenvalue weighted by molar-refractivity contribution is 5.13. The van der Waals surface area contributed by atoms with Gasteiger partial charge in [0.05, 0.1) is 0 Å². The normalized spacial score (nSPS) is 38.4. The molecular formula is C15H26N2. The first-order chi connectivity index (χ1) is 8.24. The van der Waals surface area contributed by atoms with Crippen LogP contribution in [0.15, 0.2) is 12.2 Å². The fraction of sp³-hybridized carbons (Fsp3) is 0.867. The van der Waals surface area contributed by atoms with Gasteiger partial charge in [0.15, 0.2) is 0 Å². The first-order valence-electron chi connectivity index (χ1n) is 7.41. The van der Waals surface area contributed by atoms with E-state index >= 15 is 0 Å². The van der Waals surface area contributed by atoms with Crippen LogP contribution in [0.4, 0.5) is 0 Å². The zero-order valence-electron chi connectivity index (χ0n) is 11.2. The van der Waals surface area contributed by atoms with E-state index in [-0.39, 0.29) is 0 Å². The molecule has 1 N–H and O–H groups in total. The smallest absolute Gasteiger partial charge is 0.0138 e. The summed E-state index contributed by atoms with van der Waals surface area (Å²) in [5, 5.41) is 3.91. The highest BCUT2D eigenvalue weighted by atomic mass is 15.2. The average molecular weight is 234 g/mol. The third-order valence-electron chi connectivity index (χ3n) is 5.07. The maximum absolute atomic E-state index is 3.91. The molecule has 2 nitrogen and oxygen atoms in total. The quantitative estimate of drug-likeness (QED) is 0.754. The molecule has 0 radical (unpaired) electrons. The van der Waals surface area contributed by atoms with Gasteiger partial charge in [-0.05, 0) is 64.5 Å². The average Bonchev–Trinajstić information content (AvgIpc) is 2.68. The standard InChI is InChI=1S/C15H26N2/c1-11(2)17-8-6-13(7-9-17)16-15-10-12-4-3-5-14(12)15/h3,5,11-16H,4,6-10H2,1-2H3. The van der Waals surface area contributed by atoms with Crippen LogP contribution in [-0.2, 0) is 0 Å². The zero-order valence-corrected chi connectivity index (χ0v) is 11.2. The molecule has 1 saturated carbocycles. The van der Waals surface area contributed by atoms with Crippen LogP contribution < -0.4 is 5.32 Å². The fourth-order valence-corrected chi connectivity index (χ4v) is 3.79. The second-order valence-corrected chi connectivity index (χ2v) is 6.41. The Morgan fingerprint density at radius 2 is 2.00 bits per heavy atom. The maximum Gasteiger partial charge on any atom is 0.0138 e. The summed E-state index contributed by atoms with van der Waals surface area (Å²) in [6.07, 6.45) is 10.3. The predicted molar refractivity (Wildman–Crippen MR) is 72.0 cm³/mol. The van der Waals surface area contributed by atoms with Crippen molar-refractivity contribution in [3.8, 4) is 0 Å². The lowest BCUT2D eigenvalue weighted by Gasteiger charge is -2.44. The monoisotopic (exact) mass is 234 g/mol. The molecular weight excluding hydrogens is 208 g/mol. The molecule has 1 heterocycles. The molecule has 3 aliphatic rings. The third kappa shape index (κ3) is 2.30. The van der Waals surface area contributed by atoms with Gasteiger partial charge in [-0.2, -0.15) is 0 Å². The van der Waals surface area contributed by atoms with Crippen molar-refractivity contribution >= 4 is 0 Å². The van der Waals surface area contributed by atoms with Gasteiger partial charge in [-0.25, -0.2) is 0 Å². The number of likely N-dealkylation sites (tertiary alicyclic amines) is 1. The van der Waals surface area contributed by atoms with E-state index in [1.165, 1.54) is 38.8 Å². The van der Waals surface area contributed by atoms with Gasteiger partial charge in [-0.1, -0.05) is 12.2 Å². The lowest BCUT2D eigenvalue weighted by Crippen LogP contribution is -2.54. The van der Waals surface area contributed by atoms with Crippen LogP contribution in [0.25, 0.3) is 0 Å². The number of hydrogen-bond donors (Lipinski definition) is 1. The molecule has 0 spiro atoms. The Bertz CT molecular complexity index is 289. The summed E-state index contributed by atoms with van der Waals surface area (Å²) in [4.78, 5) is 2.61. The van der Waals surface area contributed by atoms with E-state index in [4.69, 9.17) is 0 Å². The lowest BCUT2D eigenvalue weighted by molar-refractivity contribution is 0.111. The summed E-state index contributed by atoms with van der Waals surface area (Å²) in [5.41, 5.74) is 0. The number of nitrogens with one attached hydrogen (secondary N) is 1. The van der Waals surface area contributed by atoms with Crippen molar-refractivity contribution in [2.24, 2.45) is 11.8 Å². The second kappa shape index (κ2) is 4.74. The van der Waals surface area contributed by atoms with Crippen molar-refractivity contribution in [1.29, 1.82) is 0 Å². The second-order valence-electron chi connectivity index (χ2n) is 6.41. The summed E-state index contributed by atoms with van der Waals surface area (Å²) >= 11 is 0. The largest absolute Gasteiger partial charge is 0.311 e. The van der Waals surface area contributed by atoms with Crippen molar-refractivity contribution in [2.75, 3.05) is 13.1 Å². The lowest BCUT2D eigenvalue weighted by atomic mass is 9.71. The predicted octanol–water partition coefficient (Wildman–Crippen LogP) is 2.41. The van der Waals surface area contributed by atoms with Gasteiger partial charge in [0.1, 0.15) is 0 Å². The molecule has 3 unspecified atom stereocenters. The summed E-state index contributed by atoms with van der Waals surface area (Å²) in [5.74, 6) is 1.86. The van der Waals surface area contributed by atoms with Crippen LogP contribution in [0.5, 0.6) is 0 Å². The Morgan fingerprint density at radius 1 is 1.24 bits per heavy atom. The van der Waals surface area contributed by atoms with Gasteiger partial charge >= 0.3 is 0 Å². The van der Waals surface area contributed by atoms with Crippen molar-refractivity contribution < 1.29 is 0 Å². The van der Waals surface area contributed by atoms with Gasteiger partial charge in [-0.15, -0.1) is 0 Å². The van der Waals surface area contributed by atoms with Crippen LogP contribution in [-0.4, -0.2) is 36.1 Å². The van der Waals surface area contributed by atoms with Gasteiger partial charge in [0, 0.05) is 18.1 Å². The number of rotatable bonds is 3. The van der Waals surface area contributed by atoms with Crippen LogP contribution in [0.1, 0.15) is 39.5 Å². The highest BCUT2D eigenvalue weighted by Gasteiger charge is 2.41. The maximum atomic E-state index is 3.91. The van der Waals surface area contributed by atoms with Crippen LogP contribution in [0.2, 0.25) is 0 Å². The molecule has 2 heteroatoms. The van der Waals surface area contributed by atoms with Crippen molar-refractivity contribution in [2.45, 2.75) is 57.7 Å². The SMILES string of the molecule is CC(C)N1CCC(NC2CC3CC=CC32)CC1. The first kappa shape index (κ1) is 11.7. The molecule has 1 saturated heterocycles. The molecule has 96 valence electrons. The molecule has 17 heavy (non-hydrogen) atoms.